The van der Waals surface area contributed by atoms with Crippen LogP contribution in [0.4, 0.5) is 0 Å². The molecule has 24 heavy (non-hydrogen) atoms. The van der Waals surface area contributed by atoms with Crippen molar-refractivity contribution in [2.24, 2.45) is 0 Å². The number of hydrogen-bond donors (Lipinski definition) is 0. The second kappa shape index (κ2) is 6.87. The molecule has 1 aliphatic heterocycles. The van der Waals surface area contributed by atoms with Crippen molar-refractivity contribution >= 4 is 5.91 Å². The molecule has 1 aliphatic rings. The summed E-state index contributed by atoms with van der Waals surface area (Å²) in [6.07, 6.45) is 4.67. The first-order valence-corrected chi connectivity index (χ1v) is 7.35. The van der Waals surface area contributed by atoms with E-state index >= 15 is 0 Å². The molecular weight excluding hydrogens is 312 g/mol. The molecule has 2 aromatic rings. The van der Waals surface area contributed by atoms with E-state index < -0.39 is 0 Å². The summed E-state index contributed by atoms with van der Waals surface area (Å²) in [5, 5.41) is 12.9. The monoisotopic (exact) mass is 326 g/mol. The van der Waals surface area contributed by atoms with E-state index in [0.717, 1.165) is 4.68 Å². The van der Waals surface area contributed by atoms with Gasteiger partial charge in [-0.05, 0) is 6.07 Å². The number of carbonyl (C=O) groups is 1. The Morgan fingerprint density at radius 1 is 1.38 bits per heavy atom. The lowest BCUT2D eigenvalue weighted by Gasteiger charge is -2.17. The van der Waals surface area contributed by atoms with Gasteiger partial charge in [-0.1, -0.05) is 0 Å². The number of carbonyl (C=O) groups excluding carboxylic acids is 1. The normalized spacial score (nSPS) is 16.6. The van der Waals surface area contributed by atoms with E-state index in [0.29, 0.717) is 19.5 Å². The van der Waals surface area contributed by atoms with Crippen molar-refractivity contribution < 1.29 is 9.53 Å². The van der Waals surface area contributed by atoms with Crippen molar-refractivity contribution in [3.8, 4) is 11.9 Å². The number of nitriles is 1. The molecule has 122 valence electrons. The van der Waals surface area contributed by atoms with Gasteiger partial charge in [-0.15, -0.1) is 0 Å². The molecule has 2 aromatic heterocycles. The lowest BCUT2D eigenvalue weighted by molar-refractivity contribution is -0.131. The fraction of sp³-hybridized carbons (Fsp3) is 0.333. The predicted octanol–water partition coefficient (Wildman–Crippen LogP) is -0.415. The third-order valence-electron chi connectivity index (χ3n) is 3.62. The molecule has 0 unspecified atom stereocenters. The second-order valence-electron chi connectivity index (χ2n) is 5.21. The van der Waals surface area contributed by atoms with E-state index in [1.165, 1.54) is 30.7 Å². The molecule has 3 heterocycles. The average molecular weight is 326 g/mol. The van der Waals surface area contributed by atoms with Crippen LogP contribution in [0.5, 0.6) is 5.88 Å². The van der Waals surface area contributed by atoms with Crippen LogP contribution in [0.25, 0.3) is 0 Å². The average Bonchev–Trinajstić information content (AvgIpc) is 3.06. The topological polar surface area (TPSA) is 114 Å². The van der Waals surface area contributed by atoms with E-state index in [2.05, 4.69) is 15.1 Å². The Morgan fingerprint density at radius 2 is 2.21 bits per heavy atom. The van der Waals surface area contributed by atoms with Gasteiger partial charge in [-0.2, -0.15) is 10.4 Å². The van der Waals surface area contributed by atoms with Crippen molar-refractivity contribution in [1.29, 1.82) is 5.26 Å². The number of likely N-dealkylation sites (tertiary alicyclic amines) is 1. The molecule has 0 radical (unpaired) electrons. The van der Waals surface area contributed by atoms with Crippen LogP contribution in [0.2, 0.25) is 0 Å². The zero-order valence-electron chi connectivity index (χ0n) is 12.7. The maximum absolute atomic E-state index is 12.3. The Bertz CT molecular complexity index is 843. The zero-order chi connectivity index (χ0) is 16.9. The van der Waals surface area contributed by atoms with Gasteiger partial charge in [-0.3, -0.25) is 9.59 Å². The molecule has 9 nitrogen and oxygen atoms in total. The summed E-state index contributed by atoms with van der Waals surface area (Å²) in [4.78, 5) is 33.4. The summed E-state index contributed by atoms with van der Waals surface area (Å²) in [7, 11) is 0. The molecule has 0 N–H and O–H groups in total. The molecule has 0 saturated carbocycles. The standard InChI is InChI=1S/C15H14N6O3/c16-8-12-15(18-6-5-17-12)24-11-3-7-20(9-11)14(23)10-21-13(22)2-1-4-19-21/h1-2,4-6,11H,3,7,9-10H2/t11-/m0/s1. The Kier molecular flexibility index (Phi) is 4.47. The summed E-state index contributed by atoms with van der Waals surface area (Å²) in [6, 6.07) is 4.80. The Morgan fingerprint density at radius 3 is 3.00 bits per heavy atom. The Hall–Kier alpha value is -3.28. The van der Waals surface area contributed by atoms with Crippen molar-refractivity contribution in [2.75, 3.05) is 13.1 Å². The number of amides is 1. The molecule has 3 rings (SSSR count). The molecular formula is C15H14N6O3. The summed E-state index contributed by atoms with van der Waals surface area (Å²) in [5.74, 6) is -0.0400. The molecule has 0 aliphatic carbocycles. The molecule has 0 spiro atoms. The number of ether oxygens (including phenoxy) is 1. The van der Waals surface area contributed by atoms with E-state index in [4.69, 9.17) is 10.00 Å². The maximum Gasteiger partial charge on any atom is 0.267 e. The highest BCUT2D eigenvalue weighted by atomic mass is 16.5. The highest BCUT2D eigenvalue weighted by Crippen LogP contribution is 2.18. The zero-order valence-corrected chi connectivity index (χ0v) is 12.7. The fourth-order valence-corrected chi connectivity index (χ4v) is 2.43. The molecule has 1 atom stereocenters. The molecule has 1 amide bonds. The van der Waals surface area contributed by atoms with Crippen LogP contribution in [0, 0.1) is 11.3 Å². The summed E-state index contributed by atoms with van der Waals surface area (Å²) < 4.78 is 6.80. The third kappa shape index (κ3) is 3.38. The van der Waals surface area contributed by atoms with Crippen molar-refractivity contribution in [2.45, 2.75) is 19.1 Å². The van der Waals surface area contributed by atoms with Crippen LogP contribution >= 0.6 is 0 Å². The van der Waals surface area contributed by atoms with Crippen molar-refractivity contribution in [1.82, 2.24) is 24.6 Å². The van der Waals surface area contributed by atoms with Gasteiger partial charge in [0.25, 0.3) is 11.4 Å². The fourth-order valence-electron chi connectivity index (χ4n) is 2.43. The smallest absolute Gasteiger partial charge is 0.267 e. The molecule has 1 saturated heterocycles. The minimum absolute atomic E-state index is 0.110. The summed E-state index contributed by atoms with van der Waals surface area (Å²) >= 11 is 0. The van der Waals surface area contributed by atoms with Crippen LogP contribution in [0.15, 0.2) is 35.5 Å². The highest BCUT2D eigenvalue weighted by molar-refractivity contribution is 5.76. The van der Waals surface area contributed by atoms with Gasteiger partial charge in [0.05, 0.1) is 6.54 Å². The predicted molar refractivity (Wildman–Crippen MR) is 80.9 cm³/mol. The van der Waals surface area contributed by atoms with E-state index in [9.17, 15) is 9.59 Å². The van der Waals surface area contributed by atoms with Crippen LogP contribution in [-0.4, -0.2) is 49.7 Å². The minimum Gasteiger partial charge on any atom is -0.470 e. The van der Waals surface area contributed by atoms with E-state index in [1.54, 1.807) is 4.90 Å². The van der Waals surface area contributed by atoms with E-state index in [-0.39, 0.29) is 35.7 Å². The van der Waals surface area contributed by atoms with Gasteiger partial charge < -0.3 is 9.64 Å². The lowest BCUT2D eigenvalue weighted by Crippen LogP contribution is -2.36. The number of aromatic nitrogens is 4. The van der Waals surface area contributed by atoms with Crippen LogP contribution in [0.1, 0.15) is 12.1 Å². The molecule has 1 fully saturated rings. The second-order valence-corrected chi connectivity index (χ2v) is 5.21. The van der Waals surface area contributed by atoms with Gasteiger partial charge in [0.2, 0.25) is 11.6 Å². The van der Waals surface area contributed by atoms with Crippen molar-refractivity contribution in [3.63, 3.8) is 0 Å². The Balaban J connectivity index is 1.61. The van der Waals surface area contributed by atoms with Gasteiger partial charge in [0, 0.05) is 37.6 Å². The largest absolute Gasteiger partial charge is 0.470 e. The summed E-state index contributed by atoms with van der Waals surface area (Å²) in [5.41, 5.74) is -0.210. The first-order valence-electron chi connectivity index (χ1n) is 7.35. The maximum atomic E-state index is 12.3. The molecule has 9 heteroatoms. The molecule has 0 bridgehead atoms. The highest BCUT2D eigenvalue weighted by Gasteiger charge is 2.28. The minimum atomic E-state index is -0.323. The van der Waals surface area contributed by atoms with Crippen molar-refractivity contribution in [3.05, 3.63) is 46.8 Å². The first kappa shape index (κ1) is 15.6. The molecule has 0 aromatic carbocycles. The SMILES string of the molecule is N#Cc1nccnc1O[C@H]1CCN(C(=O)Cn2ncccc2=O)C1. The van der Waals surface area contributed by atoms with Gasteiger partial charge in [0.1, 0.15) is 18.7 Å². The van der Waals surface area contributed by atoms with Crippen LogP contribution < -0.4 is 10.3 Å². The number of nitrogens with zero attached hydrogens (tertiary/aromatic N) is 6. The lowest BCUT2D eigenvalue weighted by atomic mass is 10.3. The van der Waals surface area contributed by atoms with Gasteiger partial charge in [0.15, 0.2) is 0 Å². The number of rotatable bonds is 4. The van der Waals surface area contributed by atoms with Gasteiger partial charge >= 0.3 is 0 Å². The van der Waals surface area contributed by atoms with Crippen LogP contribution in [0.3, 0.4) is 0 Å². The van der Waals surface area contributed by atoms with Gasteiger partial charge in [-0.25, -0.2) is 14.6 Å². The quantitative estimate of drug-likeness (QED) is 0.750. The number of hydrogen-bond acceptors (Lipinski definition) is 7. The Labute approximate surface area is 137 Å². The summed E-state index contributed by atoms with van der Waals surface area (Å²) in [6.45, 7) is 0.760. The first-order chi connectivity index (χ1) is 11.7. The van der Waals surface area contributed by atoms with E-state index in [1.807, 2.05) is 6.07 Å². The third-order valence-corrected chi connectivity index (χ3v) is 3.62. The van der Waals surface area contributed by atoms with Crippen LogP contribution in [-0.2, 0) is 11.3 Å².